The van der Waals surface area contributed by atoms with E-state index in [9.17, 15) is 8.78 Å². The molecule has 47 heavy (non-hydrogen) atoms. The molecule has 0 saturated heterocycles. The van der Waals surface area contributed by atoms with Gasteiger partial charge in [-0.3, -0.25) is 0 Å². The van der Waals surface area contributed by atoms with Gasteiger partial charge in [0.15, 0.2) is 0 Å². The summed E-state index contributed by atoms with van der Waals surface area (Å²) in [5, 5.41) is 6.00. The molecule has 0 aliphatic rings. The Morgan fingerprint density at radius 1 is 0.277 bits per heavy atom. The predicted molar refractivity (Wildman–Crippen MR) is 189 cm³/mol. The van der Waals surface area contributed by atoms with Crippen LogP contribution in [0.3, 0.4) is 0 Å². The molecule has 5 heteroatoms. The van der Waals surface area contributed by atoms with Crippen LogP contribution >= 0.6 is 0 Å². The molecule has 0 aliphatic heterocycles. The van der Waals surface area contributed by atoms with E-state index in [1.807, 2.05) is 42.5 Å². The van der Waals surface area contributed by atoms with Gasteiger partial charge in [-0.05, 0) is 97.1 Å². The Morgan fingerprint density at radius 3 is 1.13 bits per heavy atom. The van der Waals surface area contributed by atoms with E-state index in [0.29, 0.717) is 0 Å². The summed E-state index contributed by atoms with van der Waals surface area (Å²) in [4.78, 5) is 0. The molecule has 0 spiro atoms. The summed E-state index contributed by atoms with van der Waals surface area (Å²) in [5.41, 5.74) is 9.21. The molecule has 3 heterocycles. The number of hydrogen-bond donors (Lipinski definition) is 0. The molecule has 0 bridgehead atoms. The van der Waals surface area contributed by atoms with Crippen LogP contribution in [0.15, 0.2) is 152 Å². The molecule has 7 aromatic carbocycles. The van der Waals surface area contributed by atoms with Gasteiger partial charge >= 0.3 is 0 Å². The average molecular weight is 610 g/mol. The fourth-order valence-corrected chi connectivity index (χ4v) is 7.58. The van der Waals surface area contributed by atoms with Crippen molar-refractivity contribution in [3.05, 3.63) is 163 Å². The lowest BCUT2D eigenvalue weighted by atomic mass is 10.1. The average Bonchev–Trinajstić information content (AvgIpc) is 3.73. The standard InChI is InChI=1S/C42H25F2N3/c43-26-14-18-39-33(22-26)31-10-4-6-12-37(31)46(39)29-16-20-41-35(24-29)36-25-30(17-21-42(36)45(41)28-8-2-1-3-9-28)47-38-13-7-5-11-32(38)34-23-27(44)15-19-40(34)47/h1-25H. The molecule has 0 fully saturated rings. The number of hydrogen-bond acceptors (Lipinski definition) is 0. The predicted octanol–water partition coefficient (Wildman–Crippen LogP) is 11.3. The second-order valence-corrected chi connectivity index (χ2v) is 12.1. The normalized spacial score (nSPS) is 12.0. The Morgan fingerprint density at radius 2 is 0.638 bits per heavy atom. The van der Waals surface area contributed by atoms with Crippen LogP contribution in [0.25, 0.3) is 82.5 Å². The lowest BCUT2D eigenvalue weighted by Crippen LogP contribution is -1.96. The number of benzene rings is 7. The van der Waals surface area contributed by atoms with Gasteiger partial charge in [-0.15, -0.1) is 0 Å². The highest BCUT2D eigenvalue weighted by Gasteiger charge is 2.19. The van der Waals surface area contributed by atoms with Gasteiger partial charge in [-0.2, -0.15) is 0 Å². The highest BCUT2D eigenvalue weighted by Crippen LogP contribution is 2.39. The van der Waals surface area contributed by atoms with Crippen molar-refractivity contribution in [2.45, 2.75) is 0 Å². The van der Waals surface area contributed by atoms with E-state index in [4.69, 9.17) is 0 Å². The summed E-state index contributed by atoms with van der Waals surface area (Å²) in [6.07, 6.45) is 0. The van der Waals surface area contributed by atoms with E-state index in [0.717, 1.165) is 82.5 Å². The maximum atomic E-state index is 14.5. The number of fused-ring (bicyclic) bond motifs is 9. The van der Waals surface area contributed by atoms with E-state index in [1.54, 1.807) is 12.1 Å². The van der Waals surface area contributed by atoms with Crippen molar-refractivity contribution >= 4 is 65.4 Å². The van der Waals surface area contributed by atoms with Gasteiger partial charge < -0.3 is 13.7 Å². The van der Waals surface area contributed by atoms with Gasteiger partial charge in [-0.1, -0.05) is 54.6 Å². The molecule has 10 rings (SSSR count). The third-order valence-electron chi connectivity index (χ3n) is 9.53. The van der Waals surface area contributed by atoms with Crippen molar-refractivity contribution in [2.24, 2.45) is 0 Å². The first-order chi connectivity index (χ1) is 23.1. The molecule has 3 nitrogen and oxygen atoms in total. The van der Waals surface area contributed by atoms with Crippen LogP contribution in [-0.4, -0.2) is 13.7 Å². The molecule has 0 saturated carbocycles. The van der Waals surface area contributed by atoms with Gasteiger partial charge in [0.05, 0.1) is 33.1 Å². The summed E-state index contributed by atoms with van der Waals surface area (Å²) >= 11 is 0. The Bertz CT molecular complexity index is 2700. The van der Waals surface area contributed by atoms with Crippen LogP contribution in [0.4, 0.5) is 8.78 Å². The van der Waals surface area contributed by atoms with E-state index in [-0.39, 0.29) is 11.6 Å². The van der Waals surface area contributed by atoms with Crippen molar-refractivity contribution in [3.8, 4) is 17.1 Å². The second kappa shape index (κ2) is 9.65. The zero-order valence-electron chi connectivity index (χ0n) is 25.0. The highest BCUT2D eigenvalue weighted by atomic mass is 19.1. The van der Waals surface area contributed by atoms with Gasteiger partial charge in [0.2, 0.25) is 0 Å². The quantitative estimate of drug-likeness (QED) is 0.189. The van der Waals surface area contributed by atoms with Gasteiger partial charge in [0.1, 0.15) is 11.6 Å². The minimum atomic E-state index is -0.248. The van der Waals surface area contributed by atoms with Gasteiger partial charge in [-0.25, -0.2) is 8.78 Å². The monoisotopic (exact) mass is 609 g/mol. The zero-order valence-corrected chi connectivity index (χ0v) is 25.0. The zero-order chi connectivity index (χ0) is 31.2. The Hall–Kier alpha value is -6.20. The summed E-state index contributed by atoms with van der Waals surface area (Å²) in [7, 11) is 0. The fraction of sp³-hybridized carbons (Fsp3) is 0. The molecule has 0 unspecified atom stereocenters. The molecule has 0 amide bonds. The number of nitrogens with zero attached hydrogens (tertiary/aromatic N) is 3. The molecule has 10 aromatic rings. The molecule has 3 aromatic heterocycles. The highest BCUT2D eigenvalue weighted by molar-refractivity contribution is 6.14. The summed E-state index contributed by atoms with van der Waals surface area (Å²) in [5.74, 6) is -0.496. The number of para-hydroxylation sites is 3. The molecular weight excluding hydrogens is 584 g/mol. The minimum Gasteiger partial charge on any atom is -0.309 e. The summed E-state index contributed by atoms with van der Waals surface area (Å²) in [6, 6.07) is 49.9. The summed E-state index contributed by atoms with van der Waals surface area (Å²) < 4.78 is 35.7. The Labute approximate surface area is 267 Å². The van der Waals surface area contributed by atoms with Crippen molar-refractivity contribution < 1.29 is 8.78 Å². The van der Waals surface area contributed by atoms with E-state index >= 15 is 0 Å². The molecule has 0 N–H and O–H groups in total. The van der Waals surface area contributed by atoms with E-state index in [1.165, 1.54) is 12.1 Å². The van der Waals surface area contributed by atoms with Crippen molar-refractivity contribution in [3.63, 3.8) is 0 Å². The number of rotatable bonds is 3. The van der Waals surface area contributed by atoms with Gasteiger partial charge in [0.25, 0.3) is 0 Å². The number of halogens is 2. The molecule has 0 aliphatic carbocycles. The maximum absolute atomic E-state index is 14.5. The molecule has 0 atom stereocenters. The smallest absolute Gasteiger partial charge is 0.123 e. The van der Waals surface area contributed by atoms with Crippen molar-refractivity contribution in [1.82, 2.24) is 13.7 Å². The maximum Gasteiger partial charge on any atom is 0.123 e. The minimum absolute atomic E-state index is 0.248. The Balaban J connectivity index is 1.30. The Kier molecular flexibility index (Phi) is 5.35. The van der Waals surface area contributed by atoms with Crippen LogP contribution in [0.1, 0.15) is 0 Å². The van der Waals surface area contributed by atoms with Crippen molar-refractivity contribution in [1.29, 1.82) is 0 Å². The first-order valence-electron chi connectivity index (χ1n) is 15.7. The largest absolute Gasteiger partial charge is 0.309 e. The first kappa shape index (κ1) is 26.1. The van der Waals surface area contributed by atoms with Crippen LogP contribution in [0.5, 0.6) is 0 Å². The molecule has 0 radical (unpaired) electrons. The summed E-state index contributed by atoms with van der Waals surface area (Å²) in [6.45, 7) is 0. The topological polar surface area (TPSA) is 14.8 Å². The third kappa shape index (κ3) is 3.71. The third-order valence-corrected chi connectivity index (χ3v) is 9.53. The van der Waals surface area contributed by atoms with Crippen molar-refractivity contribution in [2.75, 3.05) is 0 Å². The second-order valence-electron chi connectivity index (χ2n) is 12.1. The van der Waals surface area contributed by atoms with E-state index in [2.05, 4.69) is 98.6 Å². The van der Waals surface area contributed by atoms with Crippen LogP contribution in [0.2, 0.25) is 0 Å². The van der Waals surface area contributed by atoms with Crippen LogP contribution in [0, 0.1) is 11.6 Å². The lowest BCUT2D eigenvalue weighted by Gasteiger charge is -2.10. The molecular formula is C42H25F2N3. The molecule has 222 valence electrons. The van der Waals surface area contributed by atoms with Gasteiger partial charge in [0, 0.05) is 49.4 Å². The van der Waals surface area contributed by atoms with Crippen LogP contribution < -0.4 is 0 Å². The van der Waals surface area contributed by atoms with E-state index < -0.39 is 0 Å². The lowest BCUT2D eigenvalue weighted by molar-refractivity contribution is 0.629. The fourth-order valence-electron chi connectivity index (χ4n) is 7.58. The van der Waals surface area contributed by atoms with Crippen LogP contribution in [-0.2, 0) is 0 Å². The SMILES string of the molecule is Fc1ccc2c(c1)c1ccccc1n2-c1ccc2c(c1)c1cc(-n3c4ccccc4c4cc(F)ccc43)ccc1n2-c1ccccc1. The first-order valence-corrected chi connectivity index (χ1v) is 15.7. The number of aromatic nitrogens is 3.